The maximum absolute atomic E-state index is 13.5. The molecule has 2 aromatic heterocycles. The minimum atomic E-state index is -0.0141. The summed E-state index contributed by atoms with van der Waals surface area (Å²) >= 11 is 0. The van der Waals surface area contributed by atoms with E-state index in [9.17, 15) is 9.90 Å². The molecule has 1 aliphatic heterocycles. The second-order valence-electron chi connectivity index (χ2n) is 8.98. The number of aromatic amines is 1. The number of carbonyl (C=O) groups excluding carboxylic acids is 1. The van der Waals surface area contributed by atoms with E-state index in [1.165, 1.54) is 0 Å². The summed E-state index contributed by atoms with van der Waals surface area (Å²) in [4.78, 5) is 23.2. The number of likely N-dealkylation sites (tertiary alicyclic amines) is 1. The van der Waals surface area contributed by atoms with Crippen molar-refractivity contribution in [2.45, 2.75) is 12.8 Å². The summed E-state index contributed by atoms with van der Waals surface area (Å²) in [5.74, 6) is 0.926. The van der Waals surface area contributed by atoms with Gasteiger partial charge in [0, 0.05) is 66.9 Å². The van der Waals surface area contributed by atoms with Crippen molar-refractivity contribution in [1.82, 2.24) is 14.9 Å². The average molecular weight is 471 g/mol. The van der Waals surface area contributed by atoms with Crippen molar-refractivity contribution in [1.29, 1.82) is 0 Å². The summed E-state index contributed by atoms with van der Waals surface area (Å²) in [6.07, 6.45) is 5.64. The number of aromatic nitrogens is 2. The normalized spacial score (nSPS) is 15.9. The van der Waals surface area contributed by atoms with E-state index in [4.69, 9.17) is 4.74 Å². The molecule has 180 valence electrons. The number of nitrogens with zero attached hydrogens (tertiary/aromatic N) is 2. The molecule has 1 amide bonds. The van der Waals surface area contributed by atoms with Crippen LogP contribution in [0.3, 0.4) is 0 Å². The summed E-state index contributed by atoms with van der Waals surface area (Å²) in [5, 5.41) is 13.7. The average Bonchev–Trinajstić information content (AvgIpc) is 3.35. The third kappa shape index (κ3) is 4.35. The minimum absolute atomic E-state index is 0.0141. The summed E-state index contributed by atoms with van der Waals surface area (Å²) in [6.45, 7) is 1.41. The highest BCUT2D eigenvalue weighted by molar-refractivity contribution is 6.02. The number of fused-ring (bicyclic) bond motifs is 1. The lowest BCUT2D eigenvalue weighted by molar-refractivity contribution is 0.0621. The van der Waals surface area contributed by atoms with Crippen LogP contribution in [0.2, 0.25) is 0 Å². The Kier molecular flexibility index (Phi) is 6.42. The molecule has 7 heteroatoms. The number of aliphatic hydroxyl groups excluding tert-OH is 1. The van der Waals surface area contributed by atoms with Gasteiger partial charge in [-0.3, -0.25) is 4.79 Å². The molecule has 1 aliphatic rings. The number of hydrogen-bond acceptors (Lipinski definition) is 5. The fourth-order valence-corrected chi connectivity index (χ4v) is 4.94. The number of anilines is 1. The van der Waals surface area contributed by atoms with Gasteiger partial charge in [-0.1, -0.05) is 24.3 Å². The second-order valence-corrected chi connectivity index (χ2v) is 8.98. The molecule has 1 unspecified atom stereocenters. The third-order valence-corrected chi connectivity index (χ3v) is 6.85. The molecule has 0 saturated carbocycles. The predicted molar refractivity (Wildman–Crippen MR) is 139 cm³/mol. The van der Waals surface area contributed by atoms with E-state index in [0.29, 0.717) is 18.7 Å². The first kappa shape index (κ1) is 22.9. The Morgan fingerprint density at radius 3 is 2.86 bits per heavy atom. The van der Waals surface area contributed by atoms with Crippen LogP contribution in [0.5, 0.6) is 5.75 Å². The number of rotatable bonds is 6. The molecule has 2 aromatic carbocycles. The van der Waals surface area contributed by atoms with Gasteiger partial charge in [0.25, 0.3) is 5.91 Å². The minimum Gasteiger partial charge on any atom is -0.496 e. The molecule has 0 spiro atoms. The second kappa shape index (κ2) is 9.80. The predicted octanol–water partition coefficient (Wildman–Crippen LogP) is 4.79. The van der Waals surface area contributed by atoms with Crippen LogP contribution in [-0.2, 0) is 0 Å². The maximum Gasteiger partial charge on any atom is 0.255 e. The Labute approximate surface area is 204 Å². The van der Waals surface area contributed by atoms with Gasteiger partial charge < -0.3 is 25.0 Å². The molecule has 7 nitrogen and oxygen atoms in total. The van der Waals surface area contributed by atoms with E-state index >= 15 is 0 Å². The van der Waals surface area contributed by atoms with Crippen molar-refractivity contribution in [2.24, 2.45) is 5.92 Å². The van der Waals surface area contributed by atoms with Gasteiger partial charge in [0.15, 0.2) is 0 Å². The van der Waals surface area contributed by atoms with E-state index in [1.54, 1.807) is 7.11 Å². The maximum atomic E-state index is 13.5. The number of carbonyl (C=O) groups is 1. The zero-order valence-corrected chi connectivity index (χ0v) is 20.0. The van der Waals surface area contributed by atoms with Gasteiger partial charge in [-0.25, -0.2) is 4.98 Å². The molecular formula is C28H30N4O3. The lowest BCUT2D eigenvalue weighted by Crippen LogP contribution is -2.41. The molecule has 4 aromatic rings. The van der Waals surface area contributed by atoms with Crippen molar-refractivity contribution in [3.63, 3.8) is 0 Å². The number of ether oxygens (including phenoxy) is 1. The SMILES string of the molecule is CNc1ccc(-c2cnc3[nH]cc(-c4ccccc4OC)c3c2)cc1C(=O)N1CCCC(CO)C1. The van der Waals surface area contributed by atoms with Crippen LogP contribution in [0, 0.1) is 5.92 Å². The molecule has 1 atom stereocenters. The Hall–Kier alpha value is -3.84. The van der Waals surface area contributed by atoms with E-state index < -0.39 is 0 Å². The molecule has 3 heterocycles. The van der Waals surface area contributed by atoms with Crippen LogP contribution >= 0.6 is 0 Å². The largest absolute Gasteiger partial charge is 0.496 e. The molecule has 3 N–H and O–H groups in total. The van der Waals surface area contributed by atoms with Crippen LogP contribution in [0.25, 0.3) is 33.3 Å². The van der Waals surface area contributed by atoms with Gasteiger partial charge >= 0.3 is 0 Å². The fourth-order valence-electron chi connectivity index (χ4n) is 4.94. The van der Waals surface area contributed by atoms with Crippen molar-refractivity contribution in [2.75, 3.05) is 39.2 Å². The van der Waals surface area contributed by atoms with Crippen LogP contribution in [0.1, 0.15) is 23.2 Å². The highest BCUT2D eigenvalue weighted by Crippen LogP contribution is 2.36. The van der Waals surface area contributed by atoms with E-state index in [0.717, 1.165) is 57.6 Å². The fraction of sp³-hybridized carbons (Fsp3) is 0.286. The number of nitrogens with one attached hydrogen (secondary N) is 2. The van der Waals surface area contributed by atoms with Crippen molar-refractivity contribution in [3.05, 3.63) is 66.5 Å². The first-order valence-corrected chi connectivity index (χ1v) is 12.0. The van der Waals surface area contributed by atoms with Gasteiger partial charge in [-0.15, -0.1) is 0 Å². The first-order chi connectivity index (χ1) is 17.1. The van der Waals surface area contributed by atoms with Gasteiger partial charge in [0.2, 0.25) is 0 Å². The summed E-state index contributed by atoms with van der Waals surface area (Å²) in [6, 6.07) is 15.9. The smallest absolute Gasteiger partial charge is 0.255 e. The zero-order valence-electron chi connectivity index (χ0n) is 20.0. The highest BCUT2D eigenvalue weighted by Gasteiger charge is 2.26. The summed E-state index contributed by atoms with van der Waals surface area (Å²) in [7, 11) is 3.50. The highest BCUT2D eigenvalue weighted by atomic mass is 16.5. The Bertz CT molecular complexity index is 1360. The lowest BCUT2D eigenvalue weighted by atomic mass is 9.96. The van der Waals surface area contributed by atoms with Gasteiger partial charge in [-0.05, 0) is 48.6 Å². The molecule has 0 bridgehead atoms. The topological polar surface area (TPSA) is 90.5 Å². The van der Waals surface area contributed by atoms with Crippen LogP contribution < -0.4 is 10.1 Å². The third-order valence-electron chi connectivity index (χ3n) is 6.85. The number of para-hydroxylation sites is 1. The van der Waals surface area contributed by atoms with Crippen LogP contribution in [0.15, 0.2) is 60.9 Å². The van der Waals surface area contributed by atoms with E-state index in [-0.39, 0.29) is 18.4 Å². The van der Waals surface area contributed by atoms with Crippen molar-refractivity contribution in [3.8, 4) is 28.0 Å². The summed E-state index contributed by atoms with van der Waals surface area (Å²) in [5.41, 5.74) is 6.06. The van der Waals surface area contributed by atoms with Crippen molar-refractivity contribution < 1.29 is 14.6 Å². The zero-order chi connectivity index (χ0) is 24.4. The number of hydrogen-bond donors (Lipinski definition) is 3. The van der Waals surface area contributed by atoms with Crippen LogP contribution in [-0.4, -0.2) is 59.7 Å². The quantitative estimate of drug-likeness (QED) is 0.377. The number of piperidine rings is 1. The molecule has 1 fully saturated rings. The van der Waals surface area contributed by atoms with Crippen molar-refractivity contribution >= 4 is 22.6 Å². The van der Waals surface area contributed by atoms with E-state index in [2.05, 4.69) is 21.4 Å². The molecule has 35 heavy (non-hydrogen) atoms. The number of H-pyrrole nitrogens is 1. The summed E-state index contributed by atoms with van der Waals surface area (Å²) < 4.78 is 5.57. The number of methoxy groups -OCH3 is 1. The Balaban J connectivity index is 1.54. The number of amides is 1. The van der Waals surface area contributed by atoms with E-state index in [1.807, 2.05) is 66.8 Å². The Morgan fingerprint density at radius 1 is 1.20 bits per heavy atom. The van der Waals surface area contributed by atoms with Gasteiger partial charge in [0.05, 0.1) is 12.7 Å². The molecule has 5 rings (SSSR count). The molecule has 0 radical (unpaired) electrons. The first-order valence-electron chi connectivity index (χ1n) is 12.0. The number of pyridine rings is 1. The molecule has 1 saturated heterocycles. The number of benzene rings is 2. The molecular weight excluding hydrogens is 440 g/mol. The number of aliphatic hydroxyl groups is 1. The van der Waals surface area contributed by atoms with Gasteiger partial charge in [0.1, 0.15) is 11.4 Å². The Morgan fingerprint density at radius 2 is 2.06 bits per heavy atom. The standard InChI is InChI=1S/C28H30N4O3/c1-29-25-10-9-19(12-23(25)28(34)32-11-5-6-18(16-32)17-33)20-13-22-24(15-31-27(22)30-14-20)21-7-3-4-8-26(21)35-2/h3-4,7-10,12-15,18,29,33H,5-6,11,16-17H2,1-2H3,(H,30,31). The van der Waals surface area contributed by atoms with Gasteiger partial charge in [-0.2, -0.15) is 0 Å². The lowest BCUT2D eigenvalue weighted by Gasteiger charge is -2.32. The monoisotopic (exact) mass is 470 g/mol. The van der Waals surface area contributed by atoms with Crippen LogP contribution in [0.4, 0.5) is 5.69 Å². The molecule has 0 aliphatic carbocycles.